The molecule has 0 radical (unpaired) electrons. The molecule has 0 bridgehead atoms. The van der Waals surface area contributed by atoms with Gasteiger partial charge in [0.2, 0.25) is 0 Å². The Balaban J connectivity index is 2.03. The molecule has 3 nitrogen and oxygen atoms in total. The number of ether oxygens (including phenoxy) is 1. The van der Waals surface area contributed by atoms with Crippen molar-refractivity contribution in [3.05, 3.63) is 0 Å². The zero-order valence-electron chi connectivity index (χ0n) is 12.5. The lowest BCUT2D eigenvalue weighted by molar-refractivity contribution is -0.119. The van der Waals surface area contributed by atoms with Crippen molar-refractivity contribution < 1.29 is 9.84 Å². The summed E-state index contributed by atoms with van der Waals surface area (Å²) in [6.07, 6.45) is 2.44. The predicted molar refractivity (Wildman–Crippen MR) is 73.5 cm³/mol. The first-order valence-corrected chi connectivity index (χ1v) is 7.27. The van der Waals surface area contributed by atoms with Gasteiger partial charge in [-0.2, -0.15) is 0 Å². The normalized spacial score (nSPS) is 36.0. The summed E-state index contributed by atoms with van der Waals surface area (Å²) in [5.74, 6) is 0.670. The first-order valence-electron chi connectivity index (χ1n) is 7.27. The quantitative estimate of drug-likeness (QED) is 0.809. The van der Waals surface area contributed by atoms with Gasteiger partial charge in [0.1, 0.15) is 0 Å². The van der Waals surface area contributed by atoms with Crippen molar-refractivity contribution >= 4 is 0 Å². The number of aliphatic hydroxyl groups excluding tert-OH is 1. The van der Waals surface area contributed by atoms with Crippen molar-refractivity contribution in [3.8, 4) is 0 Å². The topological polar surface area (TPSA) is 41.5 Å². The van der Waals surface area contributed by atoms with Crippen LogP contribution in [-0.2, 0) is 4.74 Å². The summed E-state index contributed by atoms with van der Waals surface area (Å²) in [5.41, 5.74) is 0.406. The molecule has 1 saturated carbocycles. The highest BCUT2D eigenvalue weighted by molar-refractivity contribution is 5.12. The van der Waals surface area contributed by atoms with Crippen LogP contribution in [0, 0.1) is 16.7 Å². The molecular weight excluding hydrogens is 226 g/mol. The van der Waals surface area contributed by atoms with Crippen LogP contribution in [0.25, 0.3) is 0 Å². The van der Waals surface area contributed by atoms with Crippen LogP contribution in [0.1, 0.15) is 47.5 Å². The van der Waals surface area contributed by atoms with E-state index < -0.39 is 0 Å². The Morgan fingerprint density at radius 3 is 2.61 bits per heavy atom. The largest absolute Gasteiger partial charge is 0.396 e. The van der Waals surface area contributed by atoms with Gasteiger partial charge in [-0.1, -0.05) is 34.6 Å². The van der Waals surface area contributed by atoms with Crippen molar-refractivity contribution in [2.45, 2.75) is 65.6 Å². The van der Waals surface area contributed by atoms with Gasteiger partial charge in [0.15, 0.2) is 0 Å². The molecule has 2 aliphatic rings. The minimum absolute atomic E-state index is 0.184. The Morgan fingerprint density at radius 1 is 1.39 bits per heavy atom. The molecule has 4 unspecified atom stereocenters. The smallest absolute Gasteiger partial charge is 0.0685 e. The van der Waals surface area contributed by atoms with Gasteiger partial charge in [0.25, 0.3) is 0 Å². The molecule has 2 rings (SSSR count). The van der Waals surface area contributed by atoms with Crippen LogP contribution in [0.4, 0.5) is 0 Å². The Morgan fingerprint density at radius 2 is 2.06 bits per heavy atom. The van der Waals surface area contributed by atoms with Crippen LogP contribution in [0.15, 0.2) is 0 Å². The maximum absolute atomic E-state index is 9.26. The fourth-order valence-electron chi connectivity index (χ4n) is 3.77. The number of hydrogen-bond donors (Lipinski definition) is 2. The van der Waals surface area contributed by atoms with E-state index in [-0.39, 0.29) is 17.4 Å². The summed E-state index contributed by atoms with van der Waals surface area (Å²) in [4.78, 5) is 0. The van der Waals surface area contributed by atoms with E-state index >= 15 is 0 Å². The molecule has 0 spiro atoms. The molecule has 2 fully saturated rings. The first-order chi connectivity index (χ1) is 8.28. The fraction of sp³-hybridized carbons (Fsp3) is 1.00. The van der Waals surface area contributed by atoms with Gasteiger partial charge in [-0.15, -0.1) is 0 Å². The molecule has 0 aromatic rings. The van der Waals surface area contributed by atoms with E-state index in [0.29, 0.717) is 24.1 Å². The molecule has 0 aromatic heterocycles. The van der Waals surface area contributed by atoms with Gasteiger partial charge in [-0.05, 0) is 18.3 Å². The molecule has 1 aliphatic heterocycles. The zero-order valence-corrected chi connectivity index (χ0v) is 12.5. The standard InChI is InChI=1S/C15H29NO2/c1-14(2,3)11(6-8-17)16-12-10-7-9-18-13(10)15(12,4)5/h10-13,16-17H,6-9H2,1-5H3. The second-order valence-corrected chi connectivity index (χ2v) is 7.64. The number of nitrogens with one attached hydrogen (secondary N) is 1. The van der Waals surface area contributed by atoms with Crippen molar-refractivity contribution in [1.29, 1.82) is 0 Å². The van der Waals surface area contributed by atoms with Gasteiger partial charge < -0.3 is 15.2 Å². The Labute approximate surface area is 111 Å². The Hall–Kier alpha value is -0.120. The molecule has 3 heteroatoms. The predicted octanol–water partition coefficient (Wildman–Crippen LogP) is 2.19. The third-order valence-corrected chi connectivity index (χ3v) is 4.94. The third-order valence-electron chi connectivity index (χ3n) is 4.94. The van der Waals surface area contributed by atoms with Gasteiger partial charge in [-0.3, -0.25) is 0 Å². The average Bonchev–Trinajstić information content (AvgIpc) is 2.68. The minimum atomic E-state index is 0.184. The molecule has 1 aliphatic carbocycles. The molecule has 4 atom stereocenters. The second-order valence-electron chi connectivity index (χ2n) is 7.64. The highest BCUT2D eigenvalue weighted by Gasteiger charge is 2.59. The second kappa shape index (κ2) is 4.77. The summed E-state index contributed by atoms with van der Waals surface area (Å²) in [6, 6.07) is 0.897. The zero-order chi connectivity index (χ0) is 13.6. The highest BCUT2D eigenvalue weighted by Crippen LogP contribution is 2.52. The van der Waals surface area contributed by atoms with E-state index in [1.807, 2.05) is 0 Å². The number of hydrogen-bond acceptors (Lipinski definition) is 3. The van der Waals surface area contributed by atoms with E-state index in [0.717, 1.165) is 13.0 Å². The van der Waals surface area contributed by atoms with Crippen LogP contribution in [-0.4, -0.2) is 36.5 Å². The maximum Gasteiger partial charge on any atom is 0.0685 e. The van der Waals surface area contributed by atoms with Gasteiger partial charge in [0.05, 0.1) is 6.10 Å². The van der Waals surface area contributed by atoms with Crippen LogP contribution >= 0.6 is 0 Å². The molecule has 1 saturated heterocycles. The molecule has 2 N–H and O–H groups in total. The number of aliphatic hydroxyl groups is 1. The van der Waals surface area contributed by atoms with Gasteiger partial charge in [-0.25, -0.2) is 0 Å². The van der Waals surface area contributed by atoms with Crippen molar-refractivity contribution in [2.75, 3.05) is 13.2 Å². The van der Waals surface area contributed by atoms with Crippen molar-refractivity contribution in [2.24, 2.45) is 16.7 Å². The van der Waals surface area contributed by atoms with Gasteiger partial charge >= 0.3 is 0 Å². The van der Waals surface area contributed by atoms with E-state index in [1.54, 1.807) is 0 Å². The molecule has 106 valence electrons. The molecule has 1 heterocycles. The third kappa shape index (κ3) is 2.33. The minimum Gasteiger partial charge on any atom is -0.396 e. The Kier molecular flexibility index (Phi) is 3.79. The average molecular weight is 255 g/mol. The van der Waals surface area contributed by atoms with Crippen molar-refractivity contribution in [1.82, 2.24) is 5.32 Å². The van der Waals surface area contributed by atoms with E-state index in [1.165, 1.54) is 6.42 Å². The SMILES string of the molecule is CC(C)(C)C(CCO)NC1C2CCOC2C1(C)C. The monoisotopic (exact) mass is 255 g/mol. The number of fused-ring (bicyclic) bond motifs is 1. The van der Waals surface area contributed by atoms with E-state index in [9.17, 15) is 5.11 Å². The summed E-state index contributed by atoms with van der Waals surface area (Å²) in [5, 5.41) is 13.1. The summed E-state index contributed by atoms with van der Waals surface area (Å²) in [7, 11) is 0. The molecule has 18 heavy (non-hydrogen) atoms. The van der Waals surface area contributed by atoms with Crippen LogP contribution < -0.4 is 5.32 Å². The molecule has 0 amide bonds. The van der Waals surface area contributed by atoms with E-state index in [4.69, 9.17) is 4.74 Å². The first kappa shape index (κ1) is 14.3. The lowest BCUT2D eigenvalue weighted by atomic mass is 9.57. The summed E-state index contributed by atoms with van der Waals surface area (Å²) < 4.78 is 5.84. The maximum atomic E-state index is 9.26. The van der Waals surface area contributed by atoms with Gasteiger partial charge in [0, 0.05) is 36.6 Å². The molecule has 0 aromatic carbocycles. The Bertz CT molecular complexity index is 295. The lowest BCUT2D eigenvalue weighted by Crippen LogP contribution is -2.68. The van der Waals surface area contributed by atoms with Crippen LogP contribution in [0.5, 0.6) is 0 Å². The summed E-state index contributed by atoms with van der Waals surface area (Å²) >= 11 is 0. The van der Waals surface area contributed by atoms with Crippen molar-refractivity contribution in [3.63, 3.8) is 0 Å². The summed E-state index contributed by atoms with van der Waals surface area (Å²) in [6.45, 7) is 12.5. The van der Waals surface area contributed by atoms with E-state index in [2.05, 4.69) is 39.9 Å². The van der Waals surface area contributed by atoms with Crippen LogP contribution in [0.3, 0.4) is 0 Å². The number of rotatable bonds is 4. The van der Waals surface area contributed by atoms with Crippen LogP contribution in [0.2, 0.25) is 0 Å². The fourth-order valence-corrected chi connectivity index (χ4v) is 3.77. The lowest BCUT2D eigenvalue weighted by Gasteiger charge is -2.56. The highest BCUT2D eigenvalue weighted by atomic mass is 16.5. The molecular formula is C15H29NO2.